The van der Waals surface area contributed by atoms with Gasteiger partial charge < -0.3 is 10.6 Å². The Balaban J connectivity index is 2.38. The molecule has 0 aliphatic heterocycles. The van der Waals surface area contributed by atoms with Crippen molar-refractivity contribution >= 4 is 17.5 Å². The molecule has 1 aromatic carbocycles. The molecule has 0 aromatic heterocycles. The van der Waals surface area contributed by atoms with Crippen molar-refractivity contribution in [2.45, 2.75) is 19.1 Å². The second-order valence-corrected chi connectivity index (χ2v) is 4.50. The normalized spacial score (nSPS) is 13.1. The molecule has 0 aliphatic carbocycles. The van der Waals surface area contributed by atoms with Crippen LogP contribution in [0.2, 0.25) is 5.02 Å². The highest BCUT2D eigenvalue weighted by molar-refractivity contribution is 6.30. The Bertz CT molecular complexity index is 420. The molecule has 0 heterocycles. The van der Waals surface area contributed by atoms with E-state index in [2.05, 4.69) is 5.32 Å². The molecular formula is C12H14ClF3N2O. The topological polar surface area (TPSA) is 41.1 Å². The van der Waals surface area contributed by atoms with Crippen LogP contribution in [0.4, 0.5) is 13.2 Å². The summed E-state index contributed by atoms with van der Waals surface area (Å²) in [5, 5.41) is 5.20. The van der Waals surface area contributed by atoms with E-state index in [4.69, 9.17) is 11.6 Å². The average Bonchev–Trinajstić information content (AvgIpc) is 2.27. The molecule has 106 valence electrons. The number of hydrogen-bond donors (Lipinski definition) is 2. The molecule has 0 spiro atoms. The first-order chi connectivity index (χ1) is 8.78. The van der Waals surface area contributed by atoms with Gasteiger partial charge in [0, 0.05) is 5.02 Å². The number of halogens is 4. The van der Waals surface area contributed by atoms with Gasteiger partial charge in [0.2, 0.25) is 5.91 Å². The fraction of sp³-hybridized carbons (Fsp3) is 0.417. The molecule has 0 saturated heterocycles. The summed E-state index contributed by atoms with van der Waals surface area (Å²) >= 11 is 5.73. The maximum Gasteiger partial charge on any atom is 0.401 e. The van der Waals surface area contributed by atoms with Gasteiger partial charge >= 0.3 is 6.18 Å². The fourth-order valence-electron chi connectivity index (χ4n) is 1.45. The molecule has 0 radical (unpaired) electrons. The van der Waals surface area contributed by atoms with E-state index < -0.39 is 18.6 Å². The van der Waals surface area contributed by atoms with Gasteiger partial charge in [-0.25, -0.2) is 0 Å². The van der Waals surface area contributed by atoms with E-state index in [9.17, 15) is 18.0 Å². The third kappa shape index (κ3) is 6.45. The fourth-order valence-corrected chi connectivity index (χ4v) is 1.57. The molecule has 19 heavy (non-hydrogen) atoms. The molecule has 0 unspecified atom stereocenters. The Kier molecular flexibility index (Phi) is 5.62. The van der Waals surface area contributed by atoms with Gasteiger partial charge in [0.25, 0.3) is 0 Å². The average molecular weight is 295 g/mol. The molecule has 1 amide bonds. The molecule has 1 rings (SSSR count). The predicted molar refractivity (Wildman–Crippen MR) is 66.9 cm³/mol. The van der Waals surface area contributed by atoms with Crippen molar-refractivity contribution in [3.63, 3.8) is 0 Å². The summed E-state index contributed by atoms with van der Waals surface area (Å²) in [4.78, 5) is 11.4. The Morgan fingerprint density at radius 2 is 1.89 bits per heavy atom. The number of alkyl halides is 3. The lowest BCUT2D eigenvalue weighted by Gasteiger charge is -2.15. The van der Waals surface area contributed by atoms with Crippen LogP contribution >= 0.6 is 11.6 Å². The number of amides is 1. The van der Waals surface area contributed by atoms with Crippen LogP contribution in [0.15, 0.2) is 24.3 Å². The van der Waals surface area contributed by atoms with E-state index in [1.165, 1.54) is 0 Å². The Labute approximate surface area is 114 Å². The van der Waals surface area contributed by atoms with Gasteiger partial charge in [-0.15, -0.1) is 0 Å². The largest absolute Gasteiger partial charge is 0.401 e. The lowest BCUT2D eigenvalue weighted by molar-refractivity contribution is -0.128. The quantitative estimate of drug-likeness (QED) is 0.876. The standard InChI is InChI=1S/C12H14ClF3N2O/c1-8(9-2-4-10(13)5-3-9)18-11(19)6-17-7-12(14,15)16/h2-5,8,17H,6-7H2,1H3,(H,18,19)/t8-/m0/s1. The zero-order valence-electron chi connectivity index (χ0n) is 10.2. The van der Waals surface area contributed by atoms with Crippen molar-refractivity contribution in [3.8, 4) is 0 Å². The molecule has 0 fully saturated rings. The molecule has 1 atom stereocenters. The van der Waals surface area contributed by atoms with Crippen molar-refractivity contribution in [2.24, 2.45) is 0 Å². The third-order valence-corrected chi connectivity index (χ3v) is 2.61. The van der Waals surface area contributed by atoms with Gasteiger partial charge in [-0.2, -0.15) is 13.2 Å². The molecule has 1 aromatic rings. The lowest BCUT2D eigenvalue weighted by atomic mass is 10.1. The van der Waals surface area contributed by atoms with E-state index in [1.807, 2.05) is 5.32 Å². The van der Waals surface area contributed by atoms with Gasteiger partial charge in [-0.3, -0.25) is 4.79 Å². The molecule has 3 nitrogen and oxygen atoms in total. The highest BCUT2D eigenvalue weighted by Crippen LogP contribution is 2.16. The number of carbonyl (C=O) groups excluding carboxylic acids is 1. The van der Waals surface area contributed by atoms with Crippen LogP contribution in [-0.2, 0) is 4.79 Å². The minimum atomic E-state index is -4.32. The molecule has 2 N–H and O–H groups in total. The van der Waals surface area contributed by atoms with Gasteiger partial charge in [0.05, 0.1) is 19.1 Å². The molecule has 0 aliphatic rings. The van der Waals surface area contributed by atoms with Crippen molar-refractivity contribution < 1.29 is 18.0 Å². The maximum atomic E-state index is 11.9. The van der Waals surface area contributed by atoms with Crippen LogP contribution < -0.4 is 10.6 Å². The maximum absolute atomic E-state index is 11.9. The highest BCUT2D eigenvalue weighted by atomic mass is 35.5. The zero-order chi connectivity index (χ0) is 14.5. The van der Waals surface area contributed by atoms with E-state index in [0.717, 1.165) is 5.56 Å². The predicted octanol–water partition coefficient (Wildman–Crippen LogP) is 2.67. The van der Waals surface area contributed by atoms with Crippen LogP contribution in [0.25, 0.3) is 0 Å². The zero-order valence-corrected chi connectivity index (χ0v) is 11.0. The first kappa shape index (κ1) is 15.8. The van der Waals surface area contributed by atoms with Gasteiger partial charge in [0.1, 0.15) is 0 Å². The van der Waals surface area contributed by atoms with Gasteiger partial charge in [0.15, 0.2) is 0 Å². The molecule has 0 bridgehead atoms. The summed E-state index contributed by atoms with van der Waals surface area (Å²) in [6.45, 7) is 0.179. The monoisotopic (exact) mass is 294 g/mol. The van der Waals surface area contributed by atoms with Gasteiger partial charge in [-0.1, -0.05) is 23.7 Å². The van der Waals surface area contributed by atoms with Crippen LogP contribution in [0.5, 0.6) is 0 Å². The first-order valence-electron chi connectivity index (χ1n) is 5.60. The van der Waals surface area contributed by atoms with Crippen LogP contribution in [0, 0.1) is 0 Å². The van der Waals surface area contributed by atoms with Crippen molar-refractivity contribution in [1.82, 2.24) is 10.6 Å². The minimum Gasteiger partial charge on any atom is -0.348 e. The van der Waals surface area contributed by atoms with E-state index >= 15 is 0 Å². The summed E-state index contributed by atoms with van der Waals surface area (Å²) < 4.78 is 35.6. The SMILES string of the molecule is C[C@H](NC(=O)CNCC(F)(F)F)c1ccc(Cl)cc1. The number of carbonyl (C=O) groups is 1. The van der Waals surface area contributed by atoms with Gasteiger partial charge in [-0.05, 0) is 24.6 Å². The third-order valence-electron chi connectivity index (χ3n) is 2.36. The molecular weight excluding hydrogens is 281 g/mol. The van der Waals surface area contributed by atoms with E-state index in [-0.39, 0.29) is 12.6 Å². The second kappa shape index (κ2) is 6.77. The number of hydrogen-bond acceptors (Lipinski definition) is 2. The lowest BCUT2D eigenvalue weighted by Crippen LogP contribution is -2.39. The highest BCUT2D eigenvalue weighted by Gasteiger charge is 2.26. The van der Waals surface area contributed by atoms with E-state index in [0.29, 0.717) is 5.02 Å². The molecule has 7 heteroatoms. The van der Waals surface area contributed by atoms with Crippen molar-refractivity contribution in [2.75, 3.05) is 13.1 Å². The Hall–Kier alpha value is -1.27. The minimum absolute atomic E-state index is 0.294. The Morgan fingerprint density at radius 1 is 1.32 bits per heavy atom. The molecule has 0 saturated carbocycles. The summed E-state index contributed by atoms with van der Waals surface area (Å²) in [6.07, 6.45) is -4.32. The number of rotatable bonds is 5. The number of benzene rings is 1. The van der Waals surface area contributed by atoms with Crippen LogP contribution in [0.3, 0.4) is 0 Å². The summed E-state index contributed by atoms with van der Waals surface area (Å²) in [5.74, 6) is -0.494. The summed E-state index contributed by atoms with van der Waals surface area (Å²) in [6, 6.07) is 6.56. The van der Waals surface area contributed by atoms with Crippen molar-refractivity contribution in [1.29, 1.82) is 0 Å². The first-order valence-corrected chi connectivity index (χ1v) is 5.98. The van der Waals surface area contributed by atoms with Crippen molar-refractivity contribution in [3.05, 3.63) is 34.9 Å². The smallest absolute Gasteiger partial charge is 0.348 e. The summed E-state index contributed by atoms with van der Waals surface area (Å²) in [7, 11) is 0. The van der Waals surface area contributed by atoms with Crippen LogP contribution in [0.1, 0.15) is 18.5 Å². The number of nitrogens with one attached hydrogen (secondary N) is 2. The summed E-state index contributed by atoms with van der Waals surface area (Å²) in [5.41, 5.74) is 0.827. The van der Waals surface area contributed by atoms with Crippen LogP contribution in [-0.4, -0.2) is 25.2 Å². The second-order valence-electron chi connectivity index (χ2n) is 4.06. The Morgan fingerprint density at radius 3 is 2.42 bits per heavy atom. The van der Waals surface area contributed by atoms with E-state index in [1.54, 1.807) is 31.2 Å².